The van der Waals surface area contributed by atoms with Crippen molar-refractivity contribution >= 4 is 17.7 Å². The summed E-state index contributed by atoms with van der Waals surface area (Å²) < 4.78 is 6.75. The van der Waals surface area contributed by atoms with Crippen molar-refractivity contribution in [1.29, 1.82) is 0 Å². The first-order chi connectivity index (χ1) is 10.7. The number of esters is 1. The highest BCUT2D eigenvalue weighted by Crippen LogP contribution is 2.24. The number of carbonyl (C=O) groups is 3. The van der Waals surface area contributed by atoms with Gasteiger partial charge in [-0.2, -0.15) is 0 Å². The van der Waals surface area contributed by atoms with Crippen LogP contribution in [-0.4, -0.2) is 46.3 Å². The average Bonchev–Trinajstić information content (AvgIpc) is 2.69. The van der Waals surface area contributed by atoms with E-state index in [0.29, 0.717) is 29.1 Å². The van der Waals surface area contributed by atoms with Gasteiger partial charge in [0, 0.05) is 31.8 Å². The molecule has 0 N–H and O–H groups in total. The molecule has 128 valence electrons. The number of likely N-dealkylation sites (N-methyl/N-ethyl adjacent to an activating group) is 1. The van der Waals surface area contributed by atoms with Gasteiger partial charge >= 0.3 is 5.97 Å². The van der Waals surface area contributed by atoms with Crippen molar-refractivity contribution < 1.29 is 19.1 Å². The van der Waals surface area contributed by atoms with Crippen LogP contribution >= 0.6 is 0 Å². The first kappa shape index (κ1) is 18.9. The van der Waals surface area contributed by atoms with Gasteiger partial charge in [-0.3, -0.25) is 9.59 Å². The van der Waals surface area contributed by atoms with Crippen LogP contribution in [0.3, 0.4) is 0 Å². The van der Waals surface area contributed by atoms with Crippen LogP contribution in [-0.2, 0) is 16.6 Å². The number of Topliss-reactive ketones (excluding diaryl/α,β-unsaturated/α-hetero) is 1. The molecule has 6 heteroatoms. The molecule has 0 radical (unpaired) electrons. The number of hydrogen-bond acceptors (Lipinski definition) is 4. The Morgan fingerprint density at radius 1 is 1.22 bits per heavy atom. The second-order valence-corrected chi connectivity index (χ2v) is 5.56. The van der Waals surface area contributed by atoms with Gasteiger partial charge in [-0.1, -0.05) is 0 Å². The van der Waals surface area contributed by atoms with E-state index in [9.17, 15) is 14.4 Å². The van der Waals surface area contributed by atoms with Gasteiger partial charge in [0.05, 0.1) is 12.6 Å². The summed E-state index contributed by atoms with van der Waals surface area (Å²) in [5.74, 6) is -0.755. The van der Waals surface area contributed by atoms with Crippen LogP contribution in [0.15, 0.2) is 0 Å². The Balaban J connectivity index is 3.33. The lowest BCUT2D eigenvalue weighted by Crippen LogP contribution is -2.42. The predicted molar refractivity (Wildman–Crippen MR) is 87.7 cm³/mol. The molecule has 1 atom stereocenters. The molecule has 0 aliphatic carbocycles. The maximum absolute atomic E-state index is 12.9. The third-order valence-electron chi connectivity index (χ3n) is 4.24. The van der Waals surface area contributed by atoms with Crippen LogP contribution in [0.2, 0.25) is 0 Å². The Hall–Kier alpha value is -2.11. The predicted octanol–water partition coefficient (Wildman–Crippen LogP) is 2.26. The summed E-state index contributed by atoms with van der Waals surface area (Å²) in [6.45, 7) is 11.0. The fraction of sp³-hybridized carbons (Fsp3) is 0.588. The number of ketones is 1. The van der Waals surface area contributed by atoms with Crippen molar-refractivity contribution in [2.24, 2.45) is 7.05 Å². The van der Waals surface area contributed by atoms with Crippen LogP contribution in [0, 0.1) is 13.8 Å². The molecule has 0 aromatic carbocycles. The van der Waals surface area contributed by atoms with Crippen LogP contribution < -0.4 is 0 Å². The average molecular weight is 322 g/mol. The molecular formula is C17H26N2O4. The van der Waals surface area contributed by atoms with E-state index in [-0.39, 0.29) is 18.3 Å². The zero-order chi connectivity index (χ0) is 17.9. The first-order valence-corrected chi connectivity index (χ1v) is 7.83. The minimum Gasteiger partial charge on any atom is -0.461 e. The zero-order valence-corrected chi connectivity index (χ0v) is 15.0. The lowest BCUT2D eigenvalue weighted by Gasteiger charge is -2.26. The van der Waals surface area contributed by atoms with E-state index in [1.165, 1.54) is 11.8 Å². The Bertz CT molecular complexity index is 631. The number of amides is 1. The summed E-state index contributed by atoms with van der Waals surface area (Å²) in [5, 5.41) is 0. The van der Waals surface area contributed by atoms with E-state index in [1.54, 1.807) is 39.3 Å². The standard InChI is InChI=1S/C17H26N2O4/c1-8-19(13(6)20)12(5)16(21)14-10(3)15(17(22)23-9-2)18(7)11(14)4/h12H,8-9H2,1-7H3. The monoisotopic (exact) mass is 322 g/mol. The van der Waals surface area contributed by atoms with E-state index < -0.39 is 12.0 Å². The number of rotatable bonds is 6. The number of aromatic nitrogens is 1. The van der Waals surface area contributed by atoms with Gasteiger partial charge in [0.15, 0.2) is 5.78 Å². The Labute approximate surface area is 137 Å². The van der Waals surface area contributed by atoms with Crippen LogP contribution in [0.1, 0.15) is 59.8 Å². The van der Waals surface area contributed by atoms with Crippen molar-refractivity contribution in [3.8, 4) is 0 Å². The molecule has 1 unspecified atom stereocenters. The van der Waals surface area contributed by atoms with E-state index >= 15 is 0 Å². The maximum atomic E-state index is 12.9. The summed E-state index contributed by atoms with van der Waals surface area (Å²) >= 11 is 0. The number of ether oxygens (including phenoxy) is 1. The van der Waals surface area contributed by atoms with E-state index in [4.69, 9.17) is 4.74 Å². The van der Waals surface area contributed by atoms with Crippen molar-refractivity contribution in [2.45, 2.75) is 47.6 Å². The topological polar surface area (TPSA) is 68.6 Å². The van der Waals surface area contributed by atoms with Gasteiger partial charge in [0.25, 0.3) is 0 Å². The third-order valence-corrected chi connectivity index (χ3v) is 4.24. The molecule has 0 bridgehead atoms. The van der Waals surface area contributed by atoms with Crippen molar-refractivity contribution in [1.82, 2.24) is 9.47 Å². The van der Waals surface area contributed by atoms with Gasteiger partial charge in [-0.15, -0.1) is 0 Å². The summed E-state index contributed by atoms with van der Waals surface area (Å²) in [4.78, 5) is 38.2. The Morgan fingerprint density at radius 2 is 1.78 bits per heavy atom. The second-order valence-electron chi connectivity index (χ2n) is 5.56. The van der Waals surface area contributed by atoms with Crippen molar-refractivity contribution in [3.63, 3.8) is 0 Å². The van der Waals surface area contributed by atoms with Gasteiger partial charge < -0.3 is 14.2 Å². The van der Waals surface area contributed by atoms with Crippen molar-refractivity contribution in [3.05, 3.63) is 22.5 Å². The summed E-state index contributed by atoms with van der Waals surface area (Å²) in [5.41, 5.74) is 2.16. The third kappa shape index (κ3) is 3.46. The van der Waals surface area contributed by atoms with Crippen LogP contribution in [0.25, 0.3) is 0 Å². The molecule has 6 nitrogen and oxygen atoms in total. The fourth-order valence-corrected chi connectivity index (χ4v) is 2.95. The number of carbonyl (C=O) groups excluding carboxylic acids is 3. The van der Waals surface area contributed by atoms with Gasteiger partial charge in [0.1, 0.15) is 5.69 Å². The molecule has 1 rings (SSSR count). The molecule has 0 fully saturated rings. The molecule has 1 aromatic heterocycles. The second kappa shape index (κ2) is 7.44. The molecule has 0 saturated carbocycles. The summed E-state index contributed by atoms with van der Waals surface area (Å²) in [6.07, 6.45) is 0. The molecule has 0 saturated heterocycles. The summed E-state index contributed by atoms with van der Waals surface area (Å²) in [6, 6.07) is -0.577. The number of hydrogen-bond donors (Lipinski definition) is 0. The van der Waals surface area contributed by atoms with Crippen molar-refractivity contribution in [2.75, 3.05) is 13.2 Å². The molecule has 1 amide bonds. The lowest BCUT2D eigenvalue weighted by molar-refractivity contribution is -0.129. The minimum absolute atomic E-state index is 0.148. The van der Waals surface area contributed by atoms with Crippen LogP contribution in [0.4, 0.5) is 0 Å². The molecule has 23 heavy (non-hydrogen) atoms. The largest absolute Gasteiger partial charge is 0.461 e. The highest BCUT2D eigenvalue weighted by atomic mass is 16.5. The van der Waals surface area contributed by atoms with Gasteiger partial charge in [0.2, 0.25) is 5.91 Å². The van der Waals surface area contributed by atoms with E-state index in [2.05, 4.69) is 0 Å². The fourth-order valence-electron chi connectivity index (χ4n) is 2.95. The molecule has 0 aliphatic heterocycles. The SMILES string of the molecule is CCOC(=O)c1c(C)c(C(=O)C(C)N(CC)C(C)=O)c(C)n1C. The van der Waals surface area contributed by atoms with E-state index in [0.717, 1.165) is 0 Å². The molecule has 0 aliphatic rings. The Morgan fingerprint density at radius 3 is 2.22 bits per heavy atom. The molecular weight excluding hydrogens is 296 g/mol. The smallest absolute Gasteiger partial charge is 0.355 e. The molecule has 1 aromatic rings. The highest BCUT2D eigenvalue weighted by molar-refractivity contribution is 6.06. The minimum atomic E-state index is -0.577. The van der Waals surface area contributed by atoms with E-state index in [1.807, 2.05) is 6.92 Å². The first-order valence-electron chi connectivity index (χ1n) is 7.83. The van der Waals surface area contributed by atoms with Gasteiger partial charge in [-0.25, -0.2) is 4.79 Å². The van der Waals surface area contributed by atoms with Crippen LogP contribution in [0.5, 0.6) is 0 Å². The maximum Gasteiger partial charge on any atom is 0.355 e. The Kier molecular flexibility index (Phi) is 6.12. The number of nitrogens with zero attached hydrogens (tertiary/aromatic N) is 2. The van der Waals surface area contributed by atoms with Gasteiger partial charge in [-0.05, 0) is 40.2 Å². The lowest BCUT2D eigenvalue weighted by atomic mass is 10.00. The molecule has 1 heterocycles. The zero-order valence-electron chi connectivity index (χ0n) is 15.0. The summed E-state index contributed by atoms with van der Waals surface area (Å²) in [7, 11) is 1.73. The highest BCUT2D eigenvalue weighted by Gasteiger charge is 2.30. The normalized spacial score (nSPS) is 12.0. The quantitative estimate of drug-likeness (QED) is 0.595. The molecule has 0 spiro atoms.